The molecule has 0 saturated carbocycles. The second-order valence-corrected chi connectivity index (χ2v) is 5.69. The van der Waals surface area contributed by atoms with Crippen molar-refractivity contribution in [2.75, 3.05) is 7.11 Å². The summed E-state index contributed by atoms with van der Waals surface area (Å²) in [5, 5.41) is 3.67. The Bertz CT molecular complexity index is 943. The molecule has 6 nitrogen and oxygen atoms in total. The first-order valence-corrected chi connectivity index (χ1v) is 7.53. The van der Waals surface area contributed by atoms with Gasteiger partial charge < -0.3 is 13.9 Å². The zero-order valence-corrected chi connectivity index (χ0v) is 14.3. The van der Waals surface area contributed by atoms with Gasteiger partial charge in [-0.3, -0.25) is 0 Å². The number of alkyl halides is 2. The van der Waals surface area contributed by atoms with Crippen LogP contribution >= 0.6 is 23.2 Å². The van der Waals surface area contributed by atoms with Crippen molar-refractivity contribution in [1.29, 1.82) is 0 Å². The molecule has 0 spiro atoms. The quantitative estimate of drug-likeness (QED) is 0.639. The van der Waals surface area contributed by atoms with Crippen LogP contribution in [0, 0.1) is 5.82 Å². The maximum Gasteiger partial charge on any atom is 0.388 e. The lowest BCUT2D eigenvalue weighted by molar-refractivity contribution is -0.0552. The number of benzene rings is 1. The molecule has 0 bridgehead atoms. The highest BCUT2D eigenvalue weighted by Gasteiger charge is 2.27. The SMILES string of the molecule is COCc1nc2c(Cl)cc(F)c(-c3nn(C)c(OC(F)F)c3Cl)c2o1. The maximum atomic E-state index is 14.5. The van der Waals surface area contributed by atoms with Crippen molar-refractivity contribution < 1.29 is 27.1 Å². The Hall–Kier alpha value is -1.97. The van der Waals surface area contributed by atoms with Gasteiger partial charge in [-0.25, -0.2) is 14.1 Å². The molecule has 0 fully saturated rings. The van der Waals surface area contributed by atoms with Gasteiger partial charge in [0.2, 0.25) is 11.8 Å². The molecule has 1 aromatic carbocycles. The van der Waals surface area contributed by atoms with E-state index in [1.54, 1.807) is 0 Å². The van der Waals surface area contributed by atoms with Gasteiger partial charge in [-0.2, -0.15) is 13.9 Å². The Balaban J connectivity index is 2.25. The first-order valence-electron chi connectivity index (χ1n) is 6.77. The number of aromatic nitrogens is 3. The number of rotatable bonds is 5. The van der Waals surface area contributed by atoms with Crippen LogP contribution in [0.15, 0.2) is 10.5 Å². The van der Waals surface area contributed by atoms with Gasteiger partial charge in [-0.15, -0.1) is 0 Å². The molecule has 0 aliphatic rings. The Morgan fingerprint density at radius 2 is 2.08 bits per heavy atom. The van der Waals surface area contributed by atoms with Crippen LogP contribution in [0.25, 0.3) is 22.4 Å². The highest BCUT2D eigenvalue weighted by atomic mass is 35.5. The predicted molar refractivity (Wildman–Crippen MR) is 83.5 cm³/mol. The van der Waals surface area contributed by atoms with Gasteiger partial charge in [0.15, 0.2) is 5.58 Å². The molecule has 2 aromatic heterocycles. The Morgan fingerprint density at radius 3 is 2.72 bits per heavy atom. The van der Waals surface area contributed by atoms with Gasteiger partial charge >= 0.3 is 6.61 Å². The highest BCUT2D eigenvalue weighted by Crippen LogP contribution is 2.41. The summed E-state index contributed by atoms with van der Waals surface area (Å²) >= 11 is 12.1. The van der Waals surface area contributed by atoms with Crippen molar-refractivity contribution in [1.82, 2.24) is 14.8 Å². The van der Waals surface area contributed by atoms with Crippen molar-refractivity contribution in [3.05, 3.63) is 27.8 Å². The van der Waals surface area contributed by atoms with Gasteiger partial charge in [0.1, 0.15) is 28.7 Å². The Labute approximate surface area is 149 Å². The van der Waals surface area contributed by atoms with Gasteiger partial charge in [-0.05, 0) is 6.07 Å². The standard InChI is InChI=1S/C14H10Cl2F3N3O3/c1-22-13(25-14(18)19)9(16)11(21-22)8-6(17)3-5(15)10-12(8)24-7(20-10)4-23-2/h3,14H,4H2,1-2H3. The number of ether oxygens (including phenoxy) is 2. The maximum absolute atomic E-state index is 14.5. The second kappa shape index (κ2) is 6.74. The van der Waals surface area contributed by atoms with Crippen LogP contribution in [-0.4, -0.2) is 28.5 Å². The summed E-state index contributed by atoms with van der Waals surface area (Å²) in [4.78, 5) is 4.12. The summed E-state index contributed by atoms with van der Waals surface area (Å²) in [5.74, 6) is -1.06. The molecule has 0 amide bonds. The third-order valence-corrected chi connectivity index (χ3v) is 3.89. The average molecular weight is 396 g/mol. The summed E-state index contributed by atoms with van der Waals surface area (Å²) in [6.45, 7) is -3.09. The third kappa shape index (κ3) is 3.14. The molecule has 0 atom stereocenters. The molecule has 0 aliphatic heterocycles. The molecule has 0 radical (unpaired) electrons. The number of nitrogens with zero attached hydrogens (tertiary/aromatic N) is 3. The summed E-state index contributed by atoms with van der Waals surface area (Å²) in [7, 11) is 2.76. The summed E-state index contributed by atoms with van der Waals surface area (Å²) in [5.41, 5.74) is -0.165. The molecule has 0 aliphatic carbocycles. The Kier molecular flexibility index (Phi) is 4.81. The molecule has 134 valence electrons. The number of oxazole rings is 1. The zero-order chi connectivity index (χ0) is 18.3. The second-order valence-electron chi connectivity index (χ2n) is 4.90. The third-order valence-electron chi connectivity index (χ3n) is 3.26. The van der Waals surface area contributed by atoms with E-state index in [4.69, 9.17) is 32.4 Å². The number of hydrogen-bond acceptors (Lipinski definition) is 5. The molecule has 0 saturated heterocycles. The first-order chi connectivity index (χ1) is 11.8. The molecular formula is C14H10Cl2F3N3O3. The minimum absolute atomic E-state index is 0.0125. The summed E-state index contributed by atoms with van der Waals surface area (Å²) in [6.07, 6.45) is 0. The highest BCUT2D eigenvalue weighted by molar-refractivity contribution is 6.36. The van der Waals surface area contributed by atoms with E-state index in [-0.39, 0.29) is 44.9 Å². The van der Waals surface area contributed by atoms with Crippen molar-refractivity contribution in [3.8, 4) is 17.1 Å². The molecule has 2 heterocycles. The lowest BCUT2D eigenvalue weighted by atomic mass is 10.1. The van der Waals surface area contributed by atoms with Crippen LogP contribution in [0.4, 0.5) is 13.2 Å². The zero-order valence-electron chi connectivity index (χ0n) is 12.8. The van der Waals surface area contributed by atoms with E-state index in [0.717, 1.165) is 10.7 Å². The van der Waals surface area contributed by atoms with Crippen molar-refractivity contribution in [2.24, 2.45) is 7.05 Å². The van der Waals surface area contributed by atoms with E-state index < -0.39 is 18.3 Å². The molecule has 0 unspecified atom stereocenters. The minimum atomic E-state index is -3.12. The number of aryl methyl sites for hydroxylation is 1. The number of halogens is 5. The fraction of sp³-hybridized carbons (Fsp3) is 0.286. The van der Waals surface area contributed by atoms with E-state index in [2.05, 4.69) is 14.8 Å². The number of methoxy groups -OCH3 is 1. The lowest BCUT2D eigenvalue weighted by Crippen LogP contribution is -2.06. The van der Waals surface area contributed by atoms with Crippen LogP contribution in [0.3, 0.4) is 0 Å². The van der Waals surface area contributed by atoms with Crippen LogP contribution in [0.5, 0.6) is 5.88 Å². The molecule has 11 heteroatoms. The van der Waals surface area contributed by atoms with Crippen LogP contribution < -0.4 is 4.74 Å². The monoisotopic (exact) mass is 395 g/mol. The van der Waals surface area contributed by atoms with E-state index in [9.17, 15) is 13.2 Å². The van der Waals surface area contributed by atoms with E-state index in [1.165, 1.54) is 14.2 Å². The van der Waals surface area contributed by atoms with Gasteiger partial charge in [-0.1, -0.05) is 23.2 Å². The molecule has 25 heavy (non-hydrogen) atoms. The van der Waals surface area contributed by atoms with Crippen molar-refractivity contribution >= 4 is 34.3 Å². The average Bonchev–Trinajstić information content (AvgIpc) is 3.05. The smallest absolute Gasteiger partial charge is 0.388 e. The molecule has 3 aromatic rings. The van der Waals surface area contributed by atoms with E-state index in [0.29, 0.717) is 0 Å². The molecule has 0 N–H and O–H groups in total. The fourth-order valence-corrected chi connectivity index (χ4v) is 2.84. The summed E-state index contributed by atoms with van der Waals surface area (Å²) in [6, 6.07) is 1.01. The predicted octanol–water partition coefficient (Wildman–Crippen LogP) is 4.42. The van der Waals surface area contributed by atoms with Gasteiger partial charge in [0.25, 0.3) is 0 Å². The minimum Gasteiger partial charge on any atom is -0.437 e. The van der Waals surface area contributed by atoms with Crippen molar-refractivity contribution in [3.63, 3.8) is 0 Å². The number of hydrogen-bond donors (Lipinski definition) is 0. The Morgan fingerprint density at radius 1 is 1.36 bits per heavy atom. The molecular weight excluding hydrogens is 386 g/mol. The van der Waals surface area contributed by atoms with Gasteiger partial charge in [0.05, 0.1) is 10.6 Å². The lowest BCUT2D eigenvalue weighted by Gasteiger charge is -2.04. The van der Waals surface area contributed by atoms with E-state index >= 15 is 0 Å². The number of fused-ring (bicyclic) bond motifs is 1. The topological polar surface area (TPSA) is 62.3 Å². The van der Waals surface area contributed by atoms with Gasteiger partial charge in [0, 0.05) is 14.2 Å². The first kappa shape index (κ1) is 17.8. The normalized spacial score (nSPS) is 11.7. The van der Waals surface area contributed by atoms with E-state index in [1.807, 2.05) is 0 Å². The largest absolute Gasteiger partial charge is 0.437 e. The van der Waals surface area contributed by atoms with Crippen molar-refractivity contribution in [2.45, 2.75) is 13.2 Å². The van der Waals surface area contributed by atoms with Crippen LogP contribution in [0.1, 0.15) is 5.89 Å². The summed E-state index contributed by atoms with van der Waals surface area (Å²) < 4.78 is 55.3. The fourth-order valence-electron chi connectivity index (χ4n) is 2.32. The van der Waals surface area contributed by atoms with Crippen LogP contribution in [-0.2, 0) is 18.4 Å². The van der Waals surface area contributed by atoms with Crippen LogP contribution in [0.2, 0.25) is 10.0 Å². The molecule has 3 rings (SSSR count).